The Balaban J connectivity index is 2.31. The molecule has 18 heavy (non-hydrogen) atoms. The molecule has 0 bridgehead atoms. The van der Waals surface area contributed by atoms with E-state index in [2.05, 4.69) is 4.98 Å². The first-order valence-corrected chi connectivity index (χ1v) is 6.08. The lowest BCUT2D eigenvalue weighted by Gasteiger charge is -2.14. The van der Waals surface area contributed by atoms with Crippen molar-refractivity contribution in [1.82, 2.24) is 9.55 Å². The van der Waals surface area contributed by atoms with Crippen molar-refractivity contribution < 1.29 is 9.13 Å². The number of hydrogen-bond acceptors (Lipinski definition) is 3. The third-order valence-electron chi connectivity index (χ3n) is 3.01. The Morgan fingerprint density at radius 3 is 2.94 bits per heavy atom. The molecule has 5 heteroatoms. The van der Waals surface area contributed by atoms with Crippen molar-refractivity contribution in [1.29, 1.82) is 0 Å². The summed E-state index contributed by atoms with van der Waals surface area (Å²) >= 11 is 0. The molecule has 0 aliphatic carbocycles. The first kappa shape index (κ1) is 13.0. The number of nitrogens with zero attached hydrogens (tertiary/aromatic N) is 2. The van der Waals surface area contributed by atoms with Crippen LogP contribution in [-0.2, 0) is 18.2 Å². The summed E-state index contributed by atoms with van der Waals surface area (Å²) in [7, 11) is 1.88. The predicted octanol–water partition coefficient (Wildman–Crippen LogP) is 1.62. The summed E-state index contributed by atoms with van der Waals surface area (Å²) in [6, 6.07) is 4.60. The molecule has 1 atom stereocenters. The average Bonchev–Trinajstić information content (AvgIpc) is 2.66. The van der Waals surface area contributed by atoms with Crippen LogP contribution in [0.2, 0.25) is 0 Å². The fourth-order valence-corrected chi connectivity index (χ4v) is 2.05. The number of nitrogens with two attached hydrogens (primary N) is 1. The molecule has 1 aromatic carbocycles. The van der Waals surface area contributed by atoms with E-state index in [0.29, 0.717) is 19.6 Å². The Hall–Kier alpha value is -1.46. The Bertz CT molecular complexity index is 538. The second kappa shape index (κ2) is 5.46. The first-order chi connectivity index (χ1) is 8.65. The summed E-state index contributed by atoms with van der Waals surface area (Å²) in [5, 5.41) is 0. The van der Waals surface area contributed by atoms with Gasteiger partial charge < -0.3 is 15.0 Å². The first-order valence-electron chi connectivity index (χ1n) is 6.08. The van der Waals surface area contributed by atoms with Gasteiger partial charge in [0, 0.05) is 26.6 Å². The van der Waals surface area contributed by atoms with Crippen LogP contribution >= 0.6 is 0 Å². The third kappa shape index (κ3) is 2.52. The quantitative estimate of drug-likeness (QED) is 0.878. The van der Waals surface area contributed by atoms with E-state index in [9.17, 15) is 4.39 Å². The molecule has 0 spiro atoms. The Kier molecular flexibility index (Phi) is 3.93. The average molecular weight is 251 g/mol. The lowest BCUT2D eigenvalue weighted by atomic mass is 10.2. The standard InChI is InChI=1S/C13H18FN3O/c1-3-18-10(8-15)7-13-16-11-5-4-9(14)6-12(11)17(13)2/h4-6,10H,3,7-8,15H2,1-2H3. The number of rotatable bonds is 5. The van der Waals surface area contributed by atoms with Gasteiger partial charge in [-0.25, -0.2) is 9.37 Å². The number of fused-ring (bicyclic) bond motifs is 1. The Morgan fingerprint density at radius 2 is 2.28 bits per heavy atom. The molecular weight excluding hydrogens is 233 g/mol. The lowest BCUT2D eigenvalue weighted by molar-refractivity contribution is 0.0677. The van der Waals surface area contributed by atoms with Gasteiger partial charge in [0.2, 0.25) is 0 Å². The van der Waals surface area contributed by atoms with Gasteiger partial charge in [0.05, 0.1) is 17.1 Å². The van der Waals surface area contributed by atoms with Gasteiger partial charge in [-0.15, -0.1) is 0 Å². The van der Waals surface area contributed by atoms with Crippen LogP contribution in [0.5, 0.6) is 0 Å². The van der Waals surface area contributed by atoms with E-state index in [0.717, 1.165) is 16.9 Å². The minimum atomic E-state index is -0.253. The van der Waals surface area contributed by atoms with Crippen LogP contribution in [0.25, 0.3) is 11.0 Å². The Labute approximate surface area is 106 Å². The molecule has 0 aliphatic heterocycles. The van der Waals surface area contributed by atoms with Gasteiger partial charge in [-0.3, -0.25) is 0 Å². The fourth-order valence-electron chi connectivity index (χ4n) is 2.05. The van der Waals surface area contributed by atoms with Crippen LogP contribution < -0.4 is 5.73 Å². The summed E-state index contributed by atoms with van der Waals surface area (Å²) in [4.78, 5) is 4.48. The highest BCUT2D eigenvalue weighted by molar-refractivity contribution is 5.75. The van der Waals surface area contributed by atoms with Gasteiger partial charge in [-0.2, -0.15) is 0 Å². The maximum absolute atomic E-state index is 13.2. The van der Waals surface area contributed by atoms with Crippen molar-refractivity contribution in [2.24, 2.45) is 12.8 Å². The van der Waals surface area contributed by atoms with E-state index >= 15 is 0 Å². The van der Waals surface area contributed by atoms with E-state index in [4.69, 9.17) is 10.5 Å². The molecule has 1 aromatic heterocycles. The molecule has 0 aliphatic rings. The topological polar surface area (TPSA) is 53.1 Å². The van der Waals surface area contributed by atoms with Gasteiger partial charge in [0.25, 0.3) is 0 Å². The van der Waals surface area contributed by atoms with E-state index < -0.39 is 0 Å². The molecule has 1 heterocycles. The lowest BCUT2D eigenvalue weighted by Crippen LogP contribution is -2.27. The largest absolute Gasteiger partial charge is 0.377 e. The van der Waals surface area contributed by atoms with Crippen LogP contribution in [0.15, 0.2) is 18.2 Å². The summed E-state index contributed by atoms with van der Waals surface area (Å²) < 4.78 is 20.6. The molecule has 0 saturated carbocycles. The van der Waals surface area contributed by atoms with Crippen molar-refractivity contribution >= 4 is 11.0 Å². The van der Waals surface area contributed by atoms with Crippen LogP contribution in [-0.4, -0.2) is 28.8 Å². The van der Waals surface area contributed by atoms with Crippen molar-refractivity contribution in [2.45, 2.75) is 19.4 Å². The smallest absolute Gasteiger partial charge is 0.125 e. The third-order valence-corrected chi connectivity index (χ3v) is 3.01. The van der Waals surface area contributed by atoms with E-state index in [-0.39, 0.29) is 11.9 Å². The van der Waals surface area contributed by atoms with Gasteiger partial charge in [0.1, 0.15) is 11.6 Å². The molecule has 98 valence electrons. The van der Waals surface area contributed by atoms with Crippen molar-refractivity contribution in [3.05, 3.63) is 29.8 Å². The zero-order valence-corrected chi connectivity index (χ0v) is 10.7. The monoisotopic (exact) mass is 251 g/mol. The molecule has 4 nitrogen and oxygen atoms in total. The number of aromatic nitrogens is 2. The molecule has 2 N–H and O–H groups in total. The number of imidazole rings is 1. The summed E-state index contributed by atoms with van der Waals surface area (Å²) in [6.07, 6.45) is 0.590. The van der Waals surface area contributed by atoms with Crippen LogP contribution in [0.1, 0.15) is 12.7 Å². The molecule has 0 fully saturated rings. The number of aryl methyl sites for hydroxylation is 1. The molecule has 1 unspecified atom stereocenters. The van der Waals surface area contributed by atoms with Crippen molar-refractivity contribution in [2.75, 3.05) is 13.2 Å². The highest BCUT2D eigenvalue weighted by Gasteiger charge is 2.14. The van der Waals surface area contributed by atoms with E-state index in [1.165, 1.54) is 12.1 Å². The summed E-state index contributed by atoms with van der Waals surface area (Å²) in [5.74, 6) is 0.608. The molecule has 2 aromatic rings. The SMILES string of the molecule is CCOC(CN)Cc1nc2ccc(F)cc2n1C. The maximum atomic E-state index is 13.2. The molecule has 0 radical (unpaired) electrons. The van der Waals surface area contributed by atoms with Gasteiger partial charge in [-0.1, -0.05) is 0 Å². The van der Waals surface area contributed by atoms with Crippen molar-refractivity contribution in [3.63, 3.8) is 0 Å². The zero-order chi connectivity index (χ0) is 13.1. The molecular formula is C13H18FN3O. The van der Waals surface area contributed by atoms with Crippen LogP contribution in [0.4, 0.5) is 4.39 Å². The van der Waals surface area contributed by atoms with Crippen LogP contribution in [0.3, 0.4) is 0 Å². The number of benzene rings is 1. The summed E-state index contributed by atoms with van der Waals surface area (Å²) in [5.41, 5.74) is 7.23. The van der Waals surface area contributed by atoms with E-state index in [1.807, 2.05) is 18.5 Å². The number of halogens is 1. The maximum Gasteiger partial charge on any atom is 0.125 e. The molecule has 0 amide bonds. The normalized spacial score (nSPS) is 13.1. The van der Waals surface area contributed by atoms with Gasteiger partial charge >= 0.3 is 0 Å². The van der Waals surface area contributed by atoms with E-state index in [1.54, 1.807) is 6.07 Å². The molecule has 0 saturated heterocycles. The fraction of sp³-hybridized carbons (Fsp3) is 0.462. The van der Waals surface area contributed by atoms with Gasteiger partial charge in [-0.05, 0) is 25.1 Å². The second-order valence-corrected chi connectivity index (χ2v) is 4.24. The highest BCUT2D eigenvalue weighted by Crippen LogP contribution is 2.17. The minimum Gasteiger partial charge on any atom is -0.377 e. The van der Waals surface area contributed by atoms with Gasteiger partial charge in [0.15, 0.2) is 0 Å². The highest BCUT2D eigenvalue weighted by atomic mass is 19.1. The predicted molar refractivity (Wildman–Crippen MR) is 68.8 cm³/mol. The number of ether oxygens (including phenoxy) is 1. The molecule has 2 rings (SSSR count). The van der Waals surface area contributed by atoms with Crippen LogP contribution in [0, 0.1) is 5.82 Å². The summed E-state index contributed by atoms with van der Waals surface area (Å²) in [6.45, 7) is 3.01. The zero-order valence-electron chi connectivity index (χ0n) is 10.7. The second-order valence-electron chi connectivity index (χ2n) is 4.24. The number of hydrogen-bond donors (Lipinski definition) is 1. The van der Waals surface area contributed by atoms with Crippen molar-refractivity contribution in [3.8, 4) is 0 Å². The Morgan fingerprint density at radius 1 is 1.50 bits per heavy atom. The minimum absolute atomic E-state index is 0.0460.